The quantitative estimate of drug-likeness (QED) is 0.648. The standard InChI is InChI=1S/C10H12O2.Pb/c1-3-4-8-5-6-9(11)10(7-8)12-2;/h3,5-7,11H,1,4H2,2H3;. The van der Waals surface area contributed by atoms with Crippen molar-refractivity contribution in [1.82, 2.24) is 0 Å². The zero-order valence-electron chi connectivity index (χ0n) is 7.58. The maximum absolute atomic E-state index is 9.25. The van der Waals surface area contributed by atoms with Crippen molar-refractivity contribution in [3.8, 4) is 11.5 Å². The average molecular weight is 371 g/mol. The molecule has 0 unspecified atom stereocenters. The molecule has 1 aromatic rings. The molecular weight excluding hydrogens is 359 g/mol. The van der Waals surface area contributed by atoms with Crippen LogP contribution in [0, 0.1) is 0 Å². The van der Waals surface area contributed by atoms with Crippen LogP contribution in [0.4, 0.5) is 0 Å². The number of methoxy groups -OCH3 is 1. The van der Waals surface area contributed by atoms with Gasteiger partial charge in [0.1, 0.15) is 0 Å². The molecule has 0 spiro atoms. The van der Waals surface area contributed by atoms with Crippen LogP contribution in [0.25, 0.3) is 0 Å². The molecule has 0 heterocycles. The average Bonchev–Trinajstić information content (AvgIpc) is 2.09. The summed E-state index contributed by atoms with van der Waals surface area (Å²) in [6, 6.07) is 5.27. The number of aromatic hydroxyl groups is 1. The first-order valence-corrected chi connectivity index (χ1v) is 3.74. The third-order valence-corrected chi connectivity index (χ3v) is 1.62. The van der Waals surface area contributed by atoms with Crippen molar-refractivity contribution in [3.63, 3.8) is 0 Å². The summed E-state index contributed by atoms with van der Waals surface area (Å²) in [5.74, 6) is 0.680. The van der Waals surface area contributed by atoms with Crippen LogP contribution in [0.1, 0.15) is 5.56 Å². The smallest absolute Gasteiger partial charge is 0.160 e. The van der Waals surface area contributed by atoms with Gasteiger partial charge in [-0.05, 0) is 24.1 Å². The molecule has 1 N–H and O–H groups in total. The van der Waals surface area contributed by atoms with Crippen molar-refractivity contribution in [3.05, 3.63) is 36.4 Å². The first-order valence-electron chi connectivity index (χ1n) is 3.74. The summed E-state index contributed by atoms with van der Waals surface area (Å²) >= 11 is 0. The molecule has 0 aliphatic rings. The molecule has 2 nitrogen and oxygen atoms in total. The second-order valence-corrected chi connectivity index (χ2v) is 2.50. The number of rotatable bonds is 3. The van der Waals surface area contributed by atoms with Gasteiger partial charge >= 0.3 is 0 Å². The van der Waals surface area contributed by atoms with Gasteiger partial charge in [-0.1, -0.05) is 12.1 Å². The van der Waals surface area contributed by atoms with Crippen LogP contribution in [0.5, 0.6) is 11.5 Å². The first-order chi connectivity index (χ1) is 5.77. The molecule has 1 aromatic carbocycles. The fraction of sp³-hybridized carbons (Fsp3) is 0.200. The summed E-state index contributed by atoms with van der Waals surface area (Å²) in [5, 5.41) is 9.25. The largest absolute Gasteiger partial charge is 0.504 e. The predicted molar refractivity (Wildman–Crippen MR) is 54.3 cm³/mol. The normalized spacial score (nSPS) is 8.69. The topological polar surface area (TPSA) is 29.5 Å². The van der Waals surface area contributed by atoms with Crippen LogP contribution < -0.4 is 4.74 Å². The van der Waals surface area contributed by atoms with Crippen molar-refractivity contribution in [2.45, 2.75) is 6.42 Å². The number of allylic oxidation sites excluding steroid dienone is 1. The van der Waals surface area contributed by atoms with Gasteiger partial charge < -0.3 is 9.84 Å². The molecule has 68 valence electrons. The predicted octanol–water partition coefficient (Wildman–Crippen LogP) is 1.75. The fourth-order valence-electron chi connectivity index (χ4n) is 1.02. The van der Waals surface area contributed by atoms with E-state index in [0.29, 0.717) is 5.75 Å². The van der Waals surface area contributed by atoms with Crippen LogP contribution in [0.3, 0.4) is 0 Å². The minimum absolute atomic E-state index is 0. The van der Waals surface area contributed by atoms with Crippen LogP contribution in [-0.4, -0.2) is 39.5 Å². The van der Waals surface area contributed by atoms with E-state index in [2.05, 4.69) is 6.58 Å². The van der Waals surface area contributed by atoms with Crippen molar-refractivity contribution < 1.29 is 9.84 Å². The number of phenols is 1. The number of hydrogen-bond donors (Lipinski definition) is 1. The molecule has 4 radical (unpaired) electrons. The van der Waals surface area contributed by atoms with Crippen molar-refractivity contribution in [2.24, 2.45) is 0 Å². The Balaban J connectivity index is 0.00000144. The van der Waals surface area contributed by atoms with E-state index in [4.69, 9.17) is 4.74 Å². The SMILES string of the molecule is C=CCc1ccc(O)c(OC)c1.[Pb]. The second-order valence-electron chi connectivity index (χ2n) is 2.50. The van der Waals surface area contributed by atoms with Gasteiger partial charge in [0.25, 0.3) is 0 Å². The van der Waals surface area contributed by atoms with Gasteiger partial charge in [-0.25, -0.2) is 0 Å². The van der Waals surface area contributed by atoms with Gasteiger partial charge in [-0.3, -0.25) is 0 Å². The summed E-state index contributed by atoms with van der Waals surface area (Å²) < 4.78 is 4.95. The maximum Gasteiger partial charge on any atom is 0.160 e. The van der Waals surface area contributed by atoms with Crippen molar-refractivity contribution in [2.75, 3.05) is 7.11 Å². The molecule has 0 amide bonds. The summed E-state index contributed by atoms with van der Waals surface area (Å²) in [4.78, 5) is 0. The van der Waals surface area contributed by atoms with Crippen LogP contribution in [0.2, 0.25) is 0 Å². The van der Waals surface area contributed by atoms with Gasteiger partial charge in [0.15, 0.2) is 11.5 Å². The summed E-state index contributed by atoms with van der Waals surface area (Å²) in [6.07, 6.45) is 2.60. The Bertz CT molecular complexity index is 284. The number of ether oxygens (including phenoxy) is 1. The Morgan fingerprint density at radius 1 is 1.54 bits per heavy atom. The molecule has 0 saturated heterocycles. The van der Waals surface area contributed by atoms with Gasteiger partial charge in [-0.2, -0.15) is 0 Å². The van der Waals surface area contributed by atoms with E-state index in [-0.39, 0.29) is 33.0 Å². The third-order valence-electron chi connectivity index (χ3n) is 1.62. The van der Waals surface area contributed by atoms with Gasteiger partial charge in [0.05, 0.1) is 7.11 Å². The summed E-state index contributed by atoms with van der Waals surface area (Å²) in [5.41, 5.74) is 1.08. The van der Waals surface area contributed by atoms with Crippen molar-refractivity contribution >= 4 is 27.3 Å². The van der Waals surface area contributed by atoms with Gasteiger partial charge in [-0.15, -0.1) is 6.58 Å². The zero-order chi connectivity index (χ0) is 8.97. The van der Waals surface area contributed by atoms with E-state index in [1.165, 1.54) is 7.11 Å². The molecule has 0 fully saturated rings. The number of phenolic OH excluding ortho intramolecular Hbond substituents is 1. The summed E-state index contributed by atoms with van der Waals surface area (Å²) in [7, 11) is 1.53. The second kappa shape index (κ2) is 6.02. The van der Waals surface area contributed by atoms with Crippen LogP contribution in [-0.2, 0) is 6.42 Å². The van der Waals surface area contributed by atoms with Crippen molar-refractivity contribution in [1.29, 1.82) is 0 Å². The fourth-order valence-corrected chi connectivity index (χ4v) is 1.02. The van der Waals surface area contributed by atoms with Gasteiger partial charge in [0, 0.05) is 27.3 Å². The van der Waals surface area contributed by atoms with E-state index in [9.17, 15) is 5.11 Å². The number of benzene rings is 1. The van der Waals surface area contributed by atoms with Gasteiger partial charge in [0.2, 0.25) is 0 Å². The maximum atomic E-state index is 9.25. The first kappa shape index (κ1) is 12.5. The van der Waals surface area contributed by atoms with E-state index >= 15 is 0 Å². The molecular formula is C10H12O2Pb. The molecule has 1 rings (SSSR count). The molecule has 0 aromatic heterocycles. The Morgan fingerprint density at radius 2 is 2.23 bits per heavy atom. The van der Waals surface area contributed by atoms with E-state index < -0.39 is 0 Å². The molecule has 0 aliphatic carbocycles. The Labute approximate surface area is 98.4 Å². The Morgan fingerprint density at radius 3 is 2.77 bits per heavy atom. The minimum atomic E-state index is 0. The zero-order valence-corrected chi connectivity index (χ0v) is 11.5. The van der Waals surface area contributed by atoms with E-state index in [1.807, 2.05) is 12.1 Å². The molecule has 0 aliphatic heterocycles. The monoisotopic (exact) mass is 372 g/mol. The summed E-state index contributed by atoms with van der Waals surface area (Å²) in [6.45, 7) is 3.63. The van der Waals surface area contributed by atoms with E-state index in [0.717, 1.165) is 12.0 Å². The molecule has 0 saturated carbocycles. The Hall–Kier alpha value is -0.518. The molecule has 0 bridgehead atoms. The Kier molecular flexibility index (Phi) is 5.78. The molecule has 0 atom stereocenters. The molecule has 13 heavy (non-hydrogen) atoms. The van der Waals surface area contributed by atoms with Crippen LogP contribution >= 0.6 is 0 Å². The van der Waals surface area contributed by atoms with E-state index in [1.54, 1.807) is 12.1 Å². The third kappa shape index (κ3) is 3.38. The molecule has 3 heteroatoms. The number of hydrogen-bond acceptors (Lipinski definition) is 2. The minimum Gasteiger partial charge on any atom is -0.504 e. The van der Waals surface area contributed by atoms with Crippen LogP contribution in [0.15, 0.2) is 30.9 Å².